The second-order valence-electron chi connectivity index (χ2n) is 15.8. The van der Waals surface area contributed by atoms with Gasteiger partial charge < -0.3 is 41.0 Å². The molecule has 4 rings (SSSR count). The van der Waals surface area contributed by atoms with E-state index in [1.165, 1.54) is 104 Å². The number of halogens is 2. The van der Waals surface area contributed by atoms with Crippen LogP contribution in [-0.4, -0.2) is 89.8 Å². The Morgan fingerprint density at radius 1 is 0.600 bits per heavy atom. The standard InChI is InChI=1S/2C22H27FN6O6/c2*1-6-35-12(2)27-28-19(33)18(32)26-22(3,4)21-25-15(16(30)20(34)29(21)5)17(31)24-11-13-7-9-14(23)10-8-13/h2*7-10,30H,6,11H2,1-5H3,(H,24,31)(H,26,32)(H,28,33)/b27-12+;27-12-. The third-order valence-electron chi connectivity index (χ3n) is 9.42. The highest BCUT2D eigenvalue weighted by atomic mass is 19.1. The molecule has 26 heteroatoms. The number of carbonyl (C=O) groups excluding carboxylic acids is 6. The van der Waals surface area contributed by atoms with Crippen molar-refractivity contribution in [1.29, 1.82) is 0 Å². The first-order chi connectivity index (χ1) is 32.7. The zero-order valence-electron chi connectivity index (χ0n) is 39.9. The lowest BCUT2D eigenvalue weighted by atomic mass is 10.0. The van der Waals surface area contributed by atoms with Crippen molar-refractivity contribution in [3.05, 3.63) is 115 Å². The van der Waals surface area contributed by atoms with E-state index in [0.29, 0.717) is 24.3 Å². The van der Waals surface area contributed by atoms with Crippen LogP contribution in [0.2, 0.25) is 0 Å². The van der Waals surface area contributed by atoms with E-state index in [2.05, 4.69) is 41.4 Å². The number of hydrogen-bond acceptors (Lipinski definition) is 16. The molecule has 0 saturated heterocycles. The Kier molecular flexibility index (Phi) is 19.5. The maximum atomic E-state index is 13.1. The largest absolute Gasteiger partial charge is 0.501 e. The number of hydrazone groups is 2. The van der Waals surface area contributed by atoms with Gasteiger partial charge in [0.1, 0.15) is 23.3 Å². The van der Waals surface area contributed by atoms with E-state index in [4.69, 9.17) is 9.47 Å². The first-order valence-corrected chi connectivity index (χ1v) is 21.0. The van der Waals surface area contributed by atoms with Crippen LogP contribution in [0.1, 0.15) is 99.1 Å². The van der Waals surface area contributed by atoms with E-state index in [0.717, 1.165) is 9.13 Å². The van der Waals surface area contributed by atoms with Crippen LogP contribution < -0.4 is 43.2 Å². The molecule has 0 unspecified atom stereocenters. The lowest BCUT2D eigenvalue weighted by Crippen LogP contribution is -2.50. The van der Waals surface area contributed by atoms with Crippen LogP contribution in [0.25, 0.3) is 0 Å². The van der Waals surface area contributed by atoms with Gasteiger partial charge in [-0.3, -0.25) is 47.5 Å². The number of aromatic hydroxyl groups is 2. The number of benzene rings is 2. The zero-order valence-corrected chi connectivity index (χ0v) is 39.9. The Hall–Kier alpha value is -8.58. The second kappa shape index (κ2) is 24.4. The molecular formula is C44H54F2N12O12. The van der Waals surface area contributed by atoms with Crippen molar-refractivity contribution in [2.45, 2.75) is 79.6 Å². The number of ether oxygens (including phenoxy) is 2. The summed E-state index contributed by atoms with van der Waals surface area (Å²) in [4.78, 5) is 107. The summed E-state index contributed by atoms with van der Waals surface area (Å²) in [5.41, 5.74) is -0.668. The Balaban J connectivity index is 0.000000370. The molecule has 2 aromatic carbocycles. The first-order valence-electron chi connectivity index (χ1n) is 21.0. The summed E-state index contributed by atoms with van der Waals surface area (Å²) in [5.74, 6) is -8.71. The van der Waals surface area contributed by atoms with Gasteiger partial charge in [0.25, 0.3) is 22.9 Å². The van der Waals surface area contributed by atoms with E-state index in [1.807, 2.05) is 10.9 Å². The number of aromatic nitrogens is 4. The second-order valence-corrected chi connectivity index (χ2v) is 15.8. The van der Waals surface area contributed by atoms with Gasteiger partial charge in [0.05, 0.1) is 24.3 Å². The van der Waals surface area contributed by atoms with Crippen LogP contribution >= 0.6 is 0 Å². The molecule has 2 heterocycles. The van der Waals surface area contributed by atoms with E-state index < -0.39 is 92.2 Å². The highest BCUT2D eigenvalue weighted by molar-refractivity contribution is 6.35. The number of amides is 6. The van der Waals surface area contributed by atoms with Crippen LogP contribution in [0.5, 0.6) is 11.5 Å². The van der Waals surface area contributed by atoms with Crippen molar-refractivity contribution in [3.8, 4) is 11.5 Å². The van der Waals surface area contributed by atoms with Crippen molar-refractivity contribution in [2.24, 2.45) is 24.3 Å². The third-order valence-corrected chi connectivity index (χ3v) is 9.42. The van der Waals surface area contributed by atoms with Crippen LogP contribution in [0.3, 0.4) is 0 Å². The number of rotatable bonds is 14. The fourth-order valence-electron chi connectivity index (χ4n) is 5.99. The van der Waals surface area contributed by atoms with Gasteiger partial charge in [-0.2, -0.15) is 0 Å². The summed E-state index contributed by atoms with van der Waals surface area (Å²) in [6, 6.07) is 10.7. The molecule has 8 N–H and O–H groups in total. The van der Waals surface area contributed by atoms with E-state index in [-0.39, 0.29) is 36.5 Å². The molecule has 4 aromatic rings. The van der Waals surface area contributed by atoms with Gasteiger partial charge in [0, 0.05) is 41.0 Å². The van der Waals surface area contributed by atoms with E-state index >= 15 is 0 Å². The molecule has 0 aliphatic rings. The molecule has 0 saturated carbocycles. The number of hydrogen-bond donors (Lipinski definition) is 8. The van der Waals surface area contributed by atoms with Gasteiger partial charge in [-0.25, -0.2) is 29.6 Å². The van der Waals surface area contributed by atoms with Gasteiger partial charge in [-0.05, 0) is 76.9 Å². The SMILES string of the molecule is CCO/C(C)=N/NC(=O)C(=O)NC(C)(C)c1nc(C(=O)NCc2ccc(F)cc2)c(O)c(=O)n1C.CCO/C(C)=N\NC(=O)C(=O)NC(C)(C)c1nc(C(=O)NCc2ccc(F)cc2)c(O)c(=O)n1C. The summed E-state index contributed by atoms with van der Waals surface area (Å²) < 4.78 is 38.1. The molecule has 2 aromatic heterocycles. The third kappa shape index (κ3) is 15.2. The van der Waals surface area contributed by atoms with Gasteiger partial charge >= 0.3 is 23.6 Å². The Labute approximate surface area is 398 Å². The van der Waals surface area contributed by atoms with E-state index in [9.17, 15) is 57.4 Å². The first kappa shape index (κ1) is 55.7. The molecule has 6 amide bonds. The molecule has 376 valence electrons. The van der Waals surface area contributed by atoms with Crippen molar-refractivity contribution in [2.75, 3.05) is 13.2 Å². The van der Waals surface area contributed by atoms with Gasteiger partial charge in [0.2, 0.25) is 23.3 Å². The number of carbonyl (C=O) groups is 6. The Morgan fingerprint density at radius 3 is 1.21 bits per heavy atom. The lowest BCUT2D eigenvalue weighted by molar-refractivity contribution is -0.140. The molecule has 0 aliphatic heterocycles. The van der Waals surface area contributed by atoms with Crippen LogP contribution in [0, 0.1) is 11.6 Å². The normalized spacial score (nSPS) is 11.5. The fraction of sp³-hybridized carbons (Fsp3) is 0.364. The monoisotopic (exact) mass is 980 g/mol. The molecule has 70 heavy (non-hydrogen) atoms. The highest BCUT2D eigenvalue weighted by Gasteiger charge is 2.34. The minimum Gasteiger partial charge on any atom is -0.501 e. The molecule has 0 aliphatic carbocycles. The van der Waals surface area contributed by atoms with Gasteiger partial charge in [0.15, 0.2) is 11.4 Å². The summed E-state index contributed by atoms with van der Waals surface area (Å²) >= 11 is 0. The highest BCUT2D eigenvalue weighted by Crippen LogP contribution is 2.21. The topological polar surface area (TPSA) is 328 Å². The Bertz CT molecular complexity index is 2600. The summed E-state index contributed by atoms with van der Waals surface area (Å²) in [6.45, 7) is 12.8. The van der Waals surface area contributed by atoms with Crippen LogP contribution in [-0.2, 0) is 66.9 Å². The van der Waals surface area contributed by atoms with Crippen molar-refractivity contribution >= 4 is 47.2 Å². The van der Waals surface area contributed by atoms with Crippen molar-refractivity contribution < 1.29 is 57.2 Å². The summed E-state index contributed by atoms with van der Waals surface area (Å²) in [7, 11) is 2.57. The molecule has 24 nitrogen and oxygen atoms in total. The molecular weight excluding hydrogens is 927 g/mol. The van der Waals surface area contributed by atoms with Crippen LogP contribution in [0.4, 0.5) is 8.78 Å². The molecule has 0 bridgehead atoms. The minimum atomic E-state index is -1.43. The van der Waals surface area contributed by atoms with E-state index in [1.54, 1.807) is 13.8 Å². The Morgan fingerprint density at radius 2 is 0.914 bits per heavy atom. The average molecular weight is 981 g/mol. The fourth-order valence-corrected chi connectivity index (χ4v) is 5.99. The van der Waals surface area contributed by atoms with Crippen LogP contribution in [0.15, 0.2) is 68.3 Å². The van der Waals surface area contributed by atoms with Gasteiger partial charge in [-0.15, -0.1) is 10.2 Å². The smallest absolute Gasteiger partial charge is 0.329 e. The predicted molar refractivity (Wildman–Crippen MR) is 246 cm³/mol. The molecule has 0 radical (unpaired) electrons. The number of nitrogens with zero attached hydrogens (tertiary/aromatic N) is 6. The quantitative estimate of drug-likeness (QED) is 0.0375. The maximum absolute atomic E-state index is 13.1. The predicted octanol–water partition coefficient (Wildman–Crippen LogP) is 0.785. The lowest BCUT2D eigenvalue weighted by Gasteiger charge is -2.27. The summed E-state index contributed by atoms with van der Waals surface area (Å²) in [6.07, 6.45) is 0. The maximum Gasteiger partial charge on any atom is 0.329 e. The molecule has 0 fully saturated rings. The molecule has 0 spiro atoms. The van der Waals surface area contributed by atoms with Crippen molar-refractivity contribution in [1.82, 2.24) is 51.2 Å². The molecule has 0 atom stereocenters. The summed E-state index contributed by atoms with van der Waals surface area (Å²) in [5, 5.41) is 37.5. The number of nitrogens with one attached hydrogen (secondary N) is 6. The minimum absolute atomic E-state index is 0.0211. The average Bonchev–Trinajstić information content (AvgIpc) is 3.30. The van der Waals surface area contributed by atoms with Gasteiger partial charge in [-0.1, -0.05) is 24.3 Å². The zero-order chi connectivity index (χ0) is 52.7. The van der Waals surface area contributed by atoms with Crippen molar-refractivity contribution in [3.63, 3.8) is 0 Å².